The molecule has 0 saturated heterocycles. The number of aromatic nitrogens is 2. The first-order valence-electron chi connectivity index (χ1n) is 4.99. The van der Waals surface area contributed by atoms with E-state index in [2.05, 4.69) is 9.97 Å². The van der Waals surface area contributed by atoms with E-state index in [-0.39, 0.29) is 22.2 Å². The van der Waals surface area contributed by atoms with Crippen LogP contribution in [0.2, 0.25) is 0 Å². The second-order valence-electron chi connectivity index (χ2n) is 3.50. The Morgan fingerprint density at radius 1 is 1.42 bits per heavy atom. The number of nitrogens with zero attached hydrogens (tertiary/aromatic N) is 1. The van der Waals surface area contributed by atoms with Gasteiger partial charge in [0.15, 0.2) is 0 Å². The number of halogens is 3. The summed E-state index contributed by atoms with van der Waals surface area (Å²) < 4.78 is 37.3. The summed E-state index contributed by atoms with van der Waals surface area (Å²) in [5.74, 6) is -1.24. The average Bonchev–Trinajstić information content (AvgIpc) is 2.73. The minimum atomic E-state index is -4.45. The maximum absolute atomic E-state index is 12.4. The topological polar surface area (TPSA) is 66.0 Å². The smallest absolute Gasteiger partial charge is 0.446 e. The lowest BCUT2D eigenvalue weighted by Crippen LogP contribution is -2.00. The van der Waals surface area contributed by atoms with Gasteiger partial charge in [-0.05, 0) is 30.0 Å². The quantitative estimate of drug-likeness (QED) is 0.672. The highest BCUT2D eigenvalue weighted by Crippen LogP contribution is 2.40. The summed E-state index contributed by atoms with van der Waals surface area (Å²) in [7, 11) is 0. The SMILES string of the molecule is O=C(O)/C=C/c1c(SC(F)(F)F)ccc2[nH]cnc12. The Morgan fingerprint density at radius 3 is 2.79 bits per heavy atom. The maximum Gasteiger partial charge on any atom is 0.446 e. The Balaban J connectivity index is 2.55. The van der Waals surface area contributed by atoms with Crippen molar-refractivity contribution in [2.24, 2.45) is 0 Å². The van der Waals surface area contributed by atoms with Gasteiger partial charge in [-0.3, -0.25) is 0 Å². The Labute approximate surface area is 109 Å². The largest absolute Gasteiger partial charge is 0.478 e. The van der Waals surface area contributed by atoms with Crippen LogP contribution >= 0.6 is 11.8 Å². The minimum Gasteiger partial charge on any atom is -0.478 e. The van der Waals surface area contributed by atoms with Crippen LogP contribution in [0.1, 0.15) is 5.56 Å². The van der Waals surface area contributed by atoms with E-state index >= 15 is 0 Å². The van der Waals surface area contributed by atoms with Gasteiger partial charge in [-0.1, -0.05) is 0 Å². The zero-order valence-electron chi connectivity index (χ0n) is 9.23. The second kappa shape index (κ2) is 4.96. The van der Waals surface area contributed by atoms with Crippen LogP contribution in [-0.2, 0) is 4.79 Å². The maximum atomic E-state index is 12.4. The number of rotatable bonds is 3. The molecule has 8 heteroatoms. The van der Waals surface area contributed by atoms with Crippen LogP contribution in [0.15, 0.2) is 29.4 Å². The third-order valence-corrected chi connectivity index (χ3v) is 3.02. The molecule has 0 aliphatic heterocycles. The number of carboxylic acid groups (broad SMARTS) is 1. The fraction of sp³-hybridized carbons (Fsp3) is 0.0909. The highest BCUT2D eigenvalue weighted by Gasteiger charge is 2.30. The third-order valence-electron chi connectivity index (χ3n) is 2.21. The molecule has 100 valence electrons. The van der Waals surface area contributed by atoms with Gasteiger partial charge in [-0.15, -0.1) is 0 Å². The number of thioether (sulfide) groups is 1. The molecule has 2 N–H and O–H groups in total. The van der Waals surface area contributed by atoms with Gasteiger partial charge in [0.25, 0.3) is 0 Å². The number of hydrogen-bond donors (Lipinski definition) is 2. The molecular formula is C11H7F3N2O2S. The van der Waals surface area contributed by atoms with E-state index in [4.69, 9.17) is 5.11 Å². The molecule has 0 bridgehead atoms. The van der Waals surface area contributed by atoms with Crippen molar-refractivity contribution in [1.82, 2.24) is 9.97 Å². The van der Waals surface area contributed by atoms with Gasteiger partial charge in [0.05, 0.1) is 17.4 Å². The number of alkyl halides is 3. The number of H-pyrrole nitrogens is 1. The Hall–Kier alpha value is -1.96. The summed E-state index contributed by atoms with van der Waals surface area (Å²) in [4.78, 5) is 17.1. The van der Waals surface area contributed by atoms with Crippen LogP contribution in [0.25, 0.3) is 17.1 Å². The number of hydrogen-bond acceptors (Lipinski definition) is 3. The predicted octanol–water partition coefficient (Wildman–Crippen LogP) is 3.27. The van der Waals surface area contributed by atoms with Crippen molar-refractivity contribution in [3.8, 4) is 0 Å². The van der Waals surface area contributed by atoms with E-state index < -0.39 is 11.5 Å². The molecule has 2 aromatic rings. The number of aliphatic carboxylic acids is 1. The van der Waals surface area contributed by atoms with Crippen molar-refractivity contribution >= 4 is 34.8 Å². The van der Waals surface area contributed by atoms with E-state index in [1.54, 1.807) is 0 Å². The van der Waals surface area contributed by atoms with Gasteiger partial charge in [0.1, 0.15) is 0 Å². The lowest BCUT2D eigenvalue weighted by atomic mass is 10.1. The van der Waals surface area contributed by atoms with Gasteiger partial charge in [0.2, 0.25) is 0 Å². The van der Waals surface area contributed by atoms with Crippen molar-refractivity contribution < 1.29 is 23.1 Å². The number of fused-ring (bicyclic) bond motifs is 1. The lowest BCUT2D eigenvalue weighted by molar-refractivity contribution is -0.131. The van der Waals surface area contributed by atoms with Crippen molar-refractivity contribution in [3.63, 3.8) is 0 Å². The summed E-state index contributed by atoms with van der Waals surface area (Å²) in [6.45, 7) is 0. The lowest BCUT2D eigenvalue weighted by Gasteiger charge is -2.09. The second-order valence-corrected chi connectivity index (χ2v) is 4.60. The van der Waals surface area contributed by atoms with Crippen molar-refractivity contribution in [2.45, 2.75) is 10.4 Å². The fourth-order valence-electron chi connectivity index (χ4n) is 1.54. The fourth-order valence-corrected chi connectivity index (χ4v) is 2.20. The average molecular weight is 288 g/mol. The minimum absolute atomic E-state index is 0.0930. The summed E-state index contributed by atoms with van der Waals surface area (Å²) >= 11 is -0.301. The van der Waals surface area contributed by atoms with Gasteiger partial charge >= 0.3 is 11.5 Å². The normalized spacial score (nSPS) is 12.4. The number of carboxylic acids is 1. The van der Waals surface area contributed by atoms with Gasteiger partial charge in [-0.25, -0.2) is 9.78 Å². The van der Waals surface area contributed by atoms with Crippen LogP contribution in [0.4, 0.5) is 13.2 Å². The molecule has 0 aliphatic rings. The van der Waals surface area contributed by atoms with E-state index in [0.29, 0.717) is 11.0 Å². The van der Waals surface area contributed by atoms with Crippen molar-refractivity contribution in [3.05, 3.63) is 30.1 Å². The highest BCUT2D eigenvalue weighted by molar-refractivity contribution is 8.00. The molecule has 0 unspecified atom stereocenters. The molecular weight excluding hydrogens is 281 g/mol. The molecule has 0 aliphatic carbocycles. The molecule has 0 saturated carbocycles. The van der Waals surface area contributed by atoms with Crippen LogP contribution in [0.5, 0.6) is 0 Å². The van der Waals surface area contributed by atoms with Crippen LogP contribution in [0.3, 0.4) is 0 Å². The van der Waals surface area contributed by atoms with E-state index in [0.717, 1.165) is 12.2 Å². The van der Waals surface area contributed by atoms with Crippen LogP contribution < -0.4 is 0 Å². The zero-order valence-corrected chi connectivity index (χ0v) is 10.0. The molecule has 1 aromatic heterocycles. The molecule has 0 radical (unpaired) electrons. The molecule has 0 spiro atoms. The van der Waals surface area contributed by atoms with Crippen LogP contribution in [0, 0.1) is 0 Å². The third kappa shape index (κ3) is 3.28. The number of aromatic amines is 1. The summed E-state index contributed by atoms with van der Waals surface area (Å²) in [6.07, 6.45) is 3.23. The molecule has 1 aromatic carbocycles. The number of benzene rings is 1. The summed E-state index contributed by atoms with van der Waals surface area (Å²) in [5.41, 5.74) is -3.48. The van der Waals surface area contributed by atoms with Gasteiger partial charge in [-0.2, -0.15) is 13.2 Å². The Kier molecular flexibility index (Phi) is 3.52. The summed E-state index contributed by atoms with van der Waals surface area (Å²) in [6, 6.07) is 2.74. The summed E-state index contributed by atoms with van der Waals surface area (Å²) in [5, 5.41) is 8.58. The molecule has 0 amide bonds. The van der Waals surface area contributed by atoms with Gasteiger partial charge < -0.3 is 10.1 Å². The zero-order chi connectivity index (χ0) is 14.0. The van der Waals surface area contributed by atoms with E-state index in [1.165, 1.54) is 18.5 Å². The molecule has 19 heavy (non-hydrogen) atoms. The molecule has 0 fully saturated rings. The van der Waals surface area contributed by atoms with Gasteiger partial charge in [0, 0.05) is 16.5 Å². The first-order valence-corrected chi connectivity index (χ1v) is 5.81. The monoisotopic (exact) mass is 288 g/mol. The molecule has 4 nitrogen and oxygen atoms in total. The standard InChI is InChI=1S/C11H7F3N2O2S/c12-11(13,14)19-8-3-2-7-10(16-5-15-7)6(8)1-4-9(17)18/h1-5H,(H,15,16)(H,17,18)/b4-1+. The first kappa shape index (κ1) is 13.5. The molecule has 1 heterocycles. The number of imidazole rings is 1. The van der Waals surface area contributed by atoms with E-state index in [1.807, 2.05) is 0 Å². The molecule has 2 rings (SSSR count). The predicted molar refractivity (Wildman–Crippen MR) is 64.7 cm³/mol. The van der Waals surface area contributed by atoms with E-state index in [9.17, 15) is 18.0 Å². The molecule has 0 atom stereocenters. The number of carbonyl (C=O) groups is 1. The Morgan fingerprint density at radius 2 is 2.16 bits per heavy atom. The number of nitrogens with one attached hydrogen (secondary N) is 1. The van der Waals surface area contributed by atoms with Crippen molar-refractivity contribution in [2.75, 3.05) is 0 Å². The Bertz CT molecular complexity index is 649. The van der Waals surface area contributed by atoms with Crippen LogP contribution in [-0.4, -0.2) is 26.6 Å². The highest BCUT2D eigenvalue weighted by atomic mass is 32.2. The van der Waals surface area contributed by atoms with Crippen molar-refractivity contribution in [1.29, 1.82) is 0 Å². The first-order chi connectivity index (χ1) is 8.87.